The minimum absolute atomic E-state index is 0.0905. The third-order valence-corrected chi connectivity index (χ3v) is 4.53. The van der Waals surface area contributed by atoms with Gasteiger partial charge in [-0.3, -0.25) is 4.79 Å². The topological polar surface area (TPSA) is 73.6 Å². The first kappa shape index (κ1) is 19.8. The summed E-state index contributed by atoms with van der Waals surface area (Å²) in [6.45, 7) is 0.398. The molecule has 0 fully saturated rings. The van der Waals surface area contributed by atoms with E-state index in [0.717, 1.165) is 11.1 Å². The van der Waals surface area contributed by atoms with Gasteiger partial charge in [0.25, 0.3) is 0 Å². The van der Waals surface area contributed by atoms with Crippen LogP contribution in [0.5, 0.6) is 11.5 Å². The highest BCUT2D eigenvalue weighted by atomic mass is 35.5. The van der Waals surface area contributed by atoms with Gasteiger partial charge in [-0.25, -0.2) is 4.98 Å². The van der Waals surface area contributed by atoms with Crippen LogP contribution in [-0.2, 0) is 17.8 Å². The zero-order valence-corrected chi connectivity index (χ0v) is 16.5. The Morgan fingerprint density at radius 2 is 1.93 bits per heavy atom. The van der Waals surface area contributed by atoms with Crippen molar-refractivity contribution in [3.63, 3.8) is 0 Å². The fourth-order valence-electron chi connectivity index (χ4n) is 2.71. The van der Waals surface area contributed by atoms with Crippen molar-refractivity contribution in [2.24, 2.45) is 0 Å². The van der Waals surface area contributed by atoms with Crippen LogP contribution in [0.1, 0.15) is 17.9 Å². The van der Waals surface area contributed by atoms with Crippen LogP contribution in [0.25, 0.3) is 11.3 Å². The summed E-state index contributed by atoms with van der Waals surface area (Å²) in [7, 11) is 3.16. The molecule has 6 nitrogen and oxygen atoms in total. The number of aryl methyl sites for hydroxylation is 1. The largest absolute Gasteiger partial charge is 0.493 e. The van der Waals surface area contributed by atoms with E-state index in [1.807, 2.05) is 36.4 Å². The summed E-state index contributed by atoms with van der Waals surface area (Å²) in [6, 6.07) is 12.9. The first-order chi connectivity index (χ1) is 13.6. The van der Waals surface area contributed by atoms with E-state index in [2.05, 4.69) is 10.3 Å². The molecule has 0 spiro atoms. The SMILES string of the molecule is COc1ccc(CNC(=O)CCc2ncc(-c3ccccc3Cl)o2)cc1OC. The molecule has 0 radical (unpaired) electrons. The van der Waals surface area contributed by atoms with Crippen molar-refractivity contribution in [3.05, 3.63) is 65.1 Å². The number of methoxy groups -OCH3 is 2. The molecule has 0 aliphatic heterocycles. The van der Waals surface area contributed by atoms with E-state index in [0.29, 0.717) is 41.1 Å². The van der Waals surface area contributed by atoms with Crippen molar-refractivity contribution in [3.8, 4) is 22.8 Å². The standard InChI is InChI=1S/C21H21ClN2O4/c1-26-17-8-7-14(11-18(17)27-2)12-23-20(25)9-10-21-24-13-19(28-21)15-5-3-4-6-16(15)22/h3-8,11,13H,9-10,12H2,1-2H3,(H,23,25). The third kappa shape index (κ3) is 4.84. The molecular formula is C21H21ClN2O4. The molecule has 3 aromatic rings. The number of aromatic nitrogens is 1. The van der Waals surface area contributed by atoms with Gasteiger partial charge in [0.15, 0.2) is 23.1 Å². The number of hydrogen-bond donors (Lipinski definition) is 1. The minimum Gasteiger partial charge on any atom is -0.493 e. The van der Waals surface area contributed by atoms with Crippen LogP contribution in [0.15, 0.2) is 53.1 Å². The van der Waals surface area contributed by atoms with Crippen LogP contribution in [0.2, 0.25) is 5.02 Å². The van der Waals surface area contributed by atoms with Gasteiger partial charge in [0.05, 0.1) is 25.4 Å². The summed E-state index contributed by atoms with van der Waals surface area (Å²) in [5.41, 5.74) is 1.70. The minimum atomic E-state index is -0.0905. The summed E-state index contributed by atoms with van der Waals surface area (Å²) in [4.78, 5) is 16.4. The highest BCUT2D eigenvalue weighted by Crippen LogP contribution is 2.28. The number of hydrogen-bond acceptors (Lipinski definition) is 5. The molecule has 1 amide bonds. The van der Waals surface area contributed by atoms with Crippen LogP contribution in [-0.4, -0.2) is 25.1 Å². The molecule has 3 rings (SSSR count). The van der Waals surface area contributed by atoms with E-state index in [-0.39, 0.29) is 12.3 Å². The third-order valence-electron chi connectivity index (χ3n) is 4.20. The Labute approximate surface area is 168 Å². The molecule has 1 heterocycles. The Hall–Kier alpha value is -2.99. The van der Waals surface area contributed by atoms with Crippen LogP contribution in [0.4, 0.5) is 0 Å². The van der Waals surface area contributed by atoms with Crippen molar-refractivity contribution in [2.45, 2.75) is 19.4 Å². The lowest BCUT2D eigenvalue weighted by Gasteiger charge is -2.10. The summed E-state index contributed by atoms with van der Waals surface area (Å²) in [5.74, 6) is 2.27. The summed E-state index contributed by atoms with van der Waals surface area (Å²) < 4.78 is 16.2. The van der Waals surface area contributed by atoms with E-state index in [9.17, 15) is 4.79 Å². The smallest absolute Gasteiger partial charge is 0.220 e. The number of oxazole rings is 1. The fourth-order valence-corrected chi connectivity index (χ4v) is 2.94. The second-order valence-electron chi connectivity index (χ2n) is 6.06. The predicted molar refractivity (Wildman–Crippen MR) is 107 cm³/mol. The molecule has 146 valence electrons. The van der Waals surface area contributed by atoms with Crippen molar-refractivity contribution >= 4 is 17.5 Å². The number of carbonyl (C=O) groups excluding carboxylic acids is 1. The van der Waals surface area contributed by atoms with Crippen molar-refractivity contribution in [2.75, 3.05) is 14.2 Å². The quantitative estimate of drug-likeness (QED) is 0.611. The van der Waals surface area contributed by atoms with Gasteiger partial charge in [0.1, 0.15) is 0 Å². The van der Waals surface area contributed by atoms with Gasteiger partial charge in [-0.15, -0.1) is 0 Å². The zero-order chi connectivity index (χ0) is 19.9. The fraction of sp³-hybridized carbons (Fsp3) is 0.238. The van der Waals surface area contributed by atoms with Crippen LogP contribution in [0.3, 0.4) is 0 Å². The summed E-state index contributed by atoms with van der Waals surface area (Å²) >= 11 is 6.17. The van der Waals surface area contributed by atoms with Gasteiger partial charge in [-0.1, -0.05) is 29.8 Å². The molecule has 0 aliphatic rings. The molecule has 0 atom stereocenters. The van der Waals surface area contributed by atoms with Crippen LogP contribution >= 0.6 is 11.6 Å². The molecule has 7 heteroatoms. The Morgan fingerprint density at radius 3 is 2.68 bits per heavy atom. The molecular weight excluding hydrogens is 380 g/mol. The molecule has 28 heavy (non-hydrogen) atoms. The van der Waals surface area contributed by atoms with Gasteiger partial charge in [-0.2, -0.15) is 0 Å². The number of benzene rings is 2. The first-order valence-corrected chi connectivity index (χ1v) is 9.15. The Kier molecular flexibility index (Phi) is 6.55. The maximum atomic E-state index is 12.1. The number of halogens is 1. The summed E-state index contributed by atoms with van der Waals surface area (Å²) in [5, 5.41) is 3.47. The van der Waals surface area contributed by atoms with E-state index in [1.54, 1.807) is 26.5 Å². The number of nitrogens with zero attached hydrogens (tertiary/aromatic N) is 1. The van der Waals surface area contributed by atoms with Gasteiger partial charge in [-0.05, 0) is 29.8 Å². The average Bonchev–Trinajstić information content (AvgIpc) is 3.19. The van der Waals surface area contributed by atoms with Crippen molar-refractivity contribution in [1.29, 1.82) is 0 Å². The molecule has 0 unspecified atom stereocenters. The van der Waals surface area contributed by atoms with E-state index in [4.69, 9.17) is 25.5 Å². The number of rotatable bonds is 8. The van der Waals surface area contributed by atoms with Crippen LogP contribution < -0.4 is 14.8 Å². The normalized spacial score (nSPS) is 10.5. The average molecular weight is 401 g/mol. The number of amides is 1. The highest BCUT2D eigenvalue weighted by molar-refractivity contribution is 6.33. The van der Waals surface area contributed by atoms with E-state index in [1.165, 1.54) is 0 Å². The van der Waals surface area contributed by atoms with E-state index >= 15 is 0 Å². The van der Waals surface area contributed by atoms with Crippen molar-refractivity contribution in [1.82, 2.24) is 10.3 Å². The zero-order valence-electron chi connectivity index (χ0n) is 15.7. The molecule has 0 saturated heterocycles. The maximum absolute atomic E-state index is 12.1. The number of nitrogens with one attached hydrogen (secondary N) is 1. The Bertz CT molecular complexity index is 955. The highest BCUT2D eigenvalue weighted by Gasteiger charge is 2.11. The maximum Gasteiger partial charge on any atom is 0.220 e. The van der Waals surface area contributed by atoms with Crippen molar-refractivity contribution < 1.29 is 18.7 Å². The summed E-state index contributed by atoms with van der Waals surface area (Å²) in [6.07, 6.45) is 2.30. The second kappa shape index (κ2) is 9.28. The van der Waals surface area contributed by atoms with Gasteiger partial charge in [0.2, 0.25) is 5.91 Å². The lowest BCUT2D eigenvalue weighted by Crippen LogP contribution is -2.23. The second-order valence-corrected chi connectivity index (χ2v) is 6.47. The van der Waals surface area contributed by atoms with Gasteiger partial charge < -0.3 is 19.2 Å². The molecule has 0 aliphatic carbocycles. The number of ether oxygens (including phenoxy) is 2. The lowest BCUT2D eigenvalue weighted by molar-refractivity contribution is -0.121. The van der Waals surface area contributed by atoms with Gasteiger partial charge >= 0.3 is 0 Å². The number of carbonyl (C=O) groups is 1. The predicted octanol–water partition coefficient (Wildman–Crippen LogP) is 4.26. The first-order valence-electron chi connectivity index (χ1n) is 8.78. The van der Waals surface area contributed by atoms with E-state index < -0.39 is 0 Å². The molecule has 0 saturated carbocycles. The monoisotopic (exact) mass is 400 g/mol. The van der Waals surface area contributed by atoms with Gasteiger partial charge in [0, 0.05) is 24.9 Å². The molecule has 1 aromatic heterocycles. The lowest BCUT2D eigenvalue weighted by atomic mass is 10.2. The van der Waals surface area contributed by atoms with Crippen LogP contribution in [0, 0.1) is 0 Å². The molecule has 0 bridgehead atoms. The Morgan fingerprint density at radius 1 is 1.14 bits per heavy atom. The Balaban J connectivity index is 1.52. The molecule has 2 aromatic carbocycles. The molecule has 1 N–H and O–H groups in total.